The third-order valence-electron chi connectivity index (χ3n) is 5.92. The van der Waals surface area contributed by atoms with E-state index in [0.717, 1.165) is 5.56 Å². The summed E-state index contributed by atoms with van der Waals surface area (Å²) in [7, 11) is 0. The normalized spacial score (nSPS) is 22.1. The summed E-state index contributed by atoms with van der Waals surface area (Å²) < 4.78 is 7.52. The molecule has 1 aliphatic heterocycles. The largest absolute Gasteiger partial charge is 0.481 e. The van der Waals surface area contributed by atoms with Gasteiger partial charge in [-0.25, -0.2) is 15.0 Å². The van der Waals surface area contributed by atoms with E-state index in [1.165, 1.54) is 17.2 Å². The highest BCUT2D eigenvalue weighted by Crippen LogP contribution is 2.32. The second-order valence-electron chi connectivity index (χ2n) is 8.43. The molecule has 1 aromatic carbocycles. The molecule has 7 N–H and O–H groups in total. The van der Waals surface area contributed by atoms with E-state index in [0.29, 0.717) is 36.2 Å². The predicted molar refractivity (Wildman–Crippen MR) is 123 cm³/mol. The smallest absolute Gasteiger partial charge is 0.303 e. The Morgan fingerprint density at radius 2 is 1.97 bits per heavy atom. The first-order chi connectivity index (χ1) is 16.7. The highest BCUT2D eigenvalue weighted by atomic mass is 16.6. The van der Waals surface area contributed by atoms with Gasteiger partial charge in [0.25, 0.3) is 0 Å². The summed E-state index contributed by atoms with van der Waals surface area (Å²) in [6.07, 6.45) is -1.23. The molecule has 0 saturated carbocycles. The van der Waals surface area contributed by atoms with E-state index in [9.17, 15) is 19.8 Å². The minimum Gasteiger partial charge on any atom is -0.481 e. The molecule has 2 aromatic heterocycles. The summed E-state index contributed by atoms with van der Waals surface area (Å²) in [5, 5.41) is 30.5. The molecular formula is C22H27N7O6. The zero-order chi connectivity index (χ0) is 25.1. The Kier molecular flexibility index (Phi) is 7.21. The van der Waals surface area contributed by atoms with Crippen LogP contribution in [0, 0.1) is 0 Å². The first-order valence-corrected chi connectivity index (χ1v) is 11.0. The lowest BCUT2D eigenvalue weighted by atomic mass is 10.1. The van der Waals surface area contributed by atoms with Crippen LogP contribution in [0.1, 0.15) is 35.0 Å². The number of carboxylic acids is 1. The number of aromatic nitrogens is 4. The van der Waals surface area contributed by atoms with E-state index in [4.69, 9.17) is 21.3 Å². The van der Waals surface area contributed by atoms with Crippen LogP contribution in [0.3, 0.4) is 0 Å². The van der Waals surface area contributed by atoms with Gasteiger partial charge in [0.15, 0.2) is 17.7 Å². The lowest BCUT2D eigenvalue weighted by molar-refractivity contribution is -0.137. The second kappa shape index (κ2) is 10.3. The average Bonchev–Trinajstić information content (AvgIpc) is 3.36. The number of aliphatic carboxylic acids is 1. The lowest BCUT2D eigenvalue weighted by Crippen LogP contribution is -2.40. The number of nitrogens with two attached hydrogens (primary N) is 2. The van der Waals surface area contributed by atoms with Gasteiger partial charge in [-0.05, 0) is 30.7 Å². The average molecular weight is 486 g/mol. The summed E-state index contributed by atoms with van der Waals surface area (Å²) in [6, 6.07) is 6.81. The van der Waals surface area contributed by atoms with E-state index in [1.807, 2.05) is 11.0 Å². The fraction of sp³-hybridized carbons (Fsp3) is 0.409. The number of primary amides is 1. The quantitative estimate of drug-likeness (QED) is 0.247. The SMILES string of the molecule is NC(=O)c1cccc(CN(CCCC(=O)O)C[C@H]2O[C@@H](n3cnc4c(N)ncnc43)[C@H](O)[C@@H]2O)c1. The van der Waals surface area contributed by atoms with Crippen molar-refractivity contribution in [2.45, 2.75) is 43.9 Å². The first kappa shape index (κ1) is 24.5. The fourth-order valence-corrected chi connectivity index (χ4v) is 4.19. The maximum absolute atomic E-state index is 11.5. The van der Waals surface area contributed by atoms with Gasteiger partial charge in [-0.1, -0.05) is 12.1 Å². The lowest BCUT2D eigenvalue weighted by Gasteiger charge is -2.27. The van der Waals surface area contributed by atoms with Crippen LogP contribution in [-0.2, 0) is 16.1 Å². The molecule has 1 fully saturated rings. The van der Waals surface area contributed by atoms with Crippen molar-refractivity contribution in [1.29, 1.82) is 0 Å². The topological polar surface area (TPSA) is 203 Å². The van der Waals surface area contributed by atoms with Crippen LogP contribution in [0.25, 0.3) is 11.2 Å². The highest BCUT2D eigenvalue weighted by molar-refractivity contribution is 5.92. The molecule has 13 heteroatoms. The van der Waals surface area contributed by atoms with Gasteiger partial charge in [0.05, 0.1) is 6.33 Å². The Morgan fingerprint density at radius 3 is 2.71 bits per heavy atom. The molecule has 186 valence electrons. The summed E-state index contributed by atoms with van der Waals surface area (Å²) in [6.45, 7) is 0.933. The zero-order valence-electron chi connectivity index (χ0n) is 18.8. The molecule has 0 unspecified atom stereocenters. The molecule has 3 aromatic rings. The van der Waals surface area contributed by atoms with Crippen LogP contribution >= 0.6 is 0 Å². The monoisotopic (exact) mass is 485 g/mol. The zero-order valence-corrected chi connectivity index (χ0v) is 18.8. The third-order valence-corrected chi connectivity index (χ3v) is 5.92. The van der Waals surface area contributed by atoms with Crippen molar-refractivity contribution in [1.82, 2.24) is 24.4 Å². The van der Waals surface area contributed by atoms with Gasteiger partial charge in [-0.15, -0.1) is 0 Å². The van der Waals surface area contributed by atoms with Crippen LogP contribution < -0.4 is 11.5 Å². The molecule has 4 rings (SSSR count). The van der Waals surface area contributed by atoms with E-state index in [2.05, 4.69) is 15.0 Å². The Labute approximate surface area is 200 Å². The number of anilines is 1. The molecule has 0 aliphatic carbocycles. The Morgan fingerprint density at radius 1 is 1.17 bits per heavy atom. The molecule has 0 radical (unpaired) electrons. The maximum Gasteiger partial charge on any atom is 0.303 e. The van der Waals surface area contributed by atoms with Gasteiger partial charge in [0, 0.05) is 25.1 Å². The highest BCUT2D eigenvalue weighted by Gasteiger charge is 2.44. The summed E-state index contributed by atoms with van der Waals surface area (Å²) >= 11 is 0. The Hall–Kier alpha value is -3.65. The number of carbonyl (C=O) groups excluding carboxylic acids is 1. The molecule has 13 nitrogen and oxygen atoms in total. The minimum atomic E-state index is -1.27. The number of carboxylic acid groups (broad SMARTS) is 1. The molecule has 35 heavy (non-hydrogen) atoms. The van der Waals surface area contributed by atoms with Crippen molar-refractivity contribution < 1.29 is 29.6 Å². The first-order valence-electron chi connectivity index (χ1n) is 11.0. The molecule has 1 amide bonds. The van der Waals surface area contributed by atoms with Crippen molar-refractivity contribution in [3.8, 4) is 0 Å². The Bertz CT molecular complexity index is 1220. The molecule has 3 heterocycles. The number of carbonyl (C=O) groups is 2. The standard InChI is InChI=1S/C22H27N7O6/c23-19-16-21(26-10-25-19)29(11-27-16)22-18(33)17(32)14(35-22)9-28(6-2-5-15(30)31)8-12-3-1-4-13(7-12)20(24)34/h1,3-4,7,10-11,14,17-18,22,32-33H,2,5-6,8-9H2,(H2,24,34)(H,30,31)(H2,23,25,26)/t14-,17-,18-,22-/m1/s1. The predicted octanol–water partition coefficient (Wildman–Crippen LogP) is -0.506. The number of hydrogen-bond donors (Lipinski definition) is 5. The van der Waals surface area contributed by atoms with Crippen molar-refractivity contribution in [3.63, 3.8) is 0 Å². The van der Waals surface area contributed by atoms with Gasteiger partial charge in [0.2, 0.25) is 5.91 Å². The summed E-state index contributed by atoms with van der Waals surface area (Å²) in [5.41, 5.74) is 13.1. The number of rotatable bonds is 10. The maximum atomic E-state index is 11.5. The van der Waals surface area contributed by atoms with E-state index >= 15 is 0 Å². The van der Waals surface area contributed by atoms with Crippen LogP contribution in [0.4, 0.5) is 5.82 Å². The second-order valence-corrected chi connectivity index (χ2v) is 8.43. The van der Waals surface area contributed by atoms with Gasteiger partial charge in [-0.3, -0.25) is 19.1 Å². The summed E-state index contributed by atoms with van der Waals surface area (Å²) in [4.78, 5) is 36.7. The van der Waals surface area contributed by atoms with E-state index in [-0.39, 0.29) is 18.8 Å². The van der Waals surface area contributed by atoms with Gasteiger partial charge < -0.3 is 31.5 Å². The fourth-order valence-electron chi connectivity index (χ4n) is 4.19. The van der Waals surface area contributed by atoms with Crippen LogP contribution in [-0.4, -0.2) is 83.0 Å². The van der Waals surface area contributed by atoms with Gasteiger partial charge >= 0.3 is 5.97 Å². The van der Waals surface area contributed by atoms with Crippen LogP contribution in [0.15, 0.2) is 36.9 Å². The number of imidazole rings is 1. The van der Waals surface area contributed by atoms with Crippen LogP contribution in [0.5, 0.6) is 0 Å². The molecule has 1 saturated heterocycles. The number of hydrogen-bond acceptors (Lipinski definition) is 10. The van der Waals surface area contributed by atoms with Crippen molar-refractivity contribution in [3.05, 3.63) is 48.0 Å². The van der Waals surface area contributed by atoms with Crippen LogP contribution in [0.2, 0.25) is 0 Å². The molecule has 0 spiro atoms. The minimum absolute atomic E-state index is 0.0285. The van der Waals surface area contributed by atoms with Crippen molar-refractivity contribution >= 4 is 28.9 Å². The number of aliphatic hydroxyl groups is 2. The molecular weight excluding hydrogens is 458 g/mol. The number of nitrogens with zero attached hydrogens (tertiary/aromatic N) is 5. The van der Waals surface area contributed by atoms with Gasteiger partial charge in [0.1, 0.15) is 30.2 Å². The number of amides is 1. The van der Waals surface area contributed by atoms with E-state index < -0.39 is 36.4 Å². The van der Waals surface area contributed by atoms with Crippen molar-refractivity contribution in [2.24, 2.45) is 5.73 Å². The number of fused-ring (bicyclic) bond motifs is 1. The number of aliphatic hydroxyl groups excluding tert-OH is 2. The Balaban J connectivity index is 1.52. The third kappa shape index (κ3) is 5.38. The number of nitrogen functional groups attached to an aromatic ring is 1. The van der Waals surface area contributed by atoms with Crippen molar-refractivity contribution in [2.75, 3.05) is 18.8 Å². The number of ether oxygens (including phenoxy) is 1. The van der Waals surface area contributed by atoms with Gasteiger partial charge in [-0.2, -0.15) is 0 Å². The summed E-state index contributed by atoms with van der Waals surface area (Å²) in [5.74, 6) is -1.29. The molecule has 1 aliphatic rings. The number of benzene rings is 1. The van der Waals surface area contributed by atoms with E-state index in [1.54, 1.807) is 18.2 Å². The molecule has 4 atom stereocenters. The molecule has 0 bridgehead atoms.